The topological polar surface area (TPSA) is 133 Å². The van der Waals surface area contributed by atoms with E-state index in [4.69, 9.17) is 10.3 Å². The van der Waals surface area contributed by atoms with Gasteiger partial charge in [-0.1, -0.05) is 68.8 Å². The lowest BCUT2D eigenvalue weighted by molar-refractivity contribution is -0.127. The molecule has 0 spiro atoms. The van der Waals surface area contributed by atoms with E-state index in [1.54, 1.807) is 0 Å². The predicted molar refractivity (Wildman–Crippen MR) is 119 cm³/mol. The van der Waals surface area contributed by atoms with Crippen molar-refractivity contribution in [2.24, 2.45) is 11.0 Å². The number of amides is 3. The van der Waals surface area contributed by atoms with E-state index < -0.39 is 30.5 Å². The first kappa shape index (κ1) is 22.8. The van der Waals surface area contributed by atoms with Gasteiger partial charge in [-0.2, -0.15) is 0 Å². The summed E-state index contributed by atoms with van der Waals surface area (Å²) in [6.07, 6.45) is -0.0971. The van der Waals surface area contributed by atoms with E-state index in [9.17, 15) is 14.4 Å². The molecule has 0 heterocycles. The van der Waals surface area contributed by atoms with E-state index in [-0.39, 0.29) is 18.4 Å². The molecule has 0 saturated heterocycles. The summed E-state index contributed by atoms with van der Waals surface area (Å²) in [6.45, 7) is 3.38. The monoisotopic (exact) mass is 435 g/mol. The molecule has 0 aromatic heterocycles. The molecule has 2 aromatic rings. The van der Waals surface area contributed by atoms with Crippen molar-refractivity contribution in [2.45, 2.75) is 32.2 Å². The Hall–Kier alpha value is -3.84. The number of carbonyl (C=O) groups excluding carboxylic acids is 3. The Balaban J connectivity index is 1.65. The number of nitrogens with one attached hydrogen (secondary N) is 2. The van der Waals surface area contributed by atoms with Crippen LogP contribution >= 0.6 is 0 Å². The van der Waals surface area contributed by atoms with Crippen molar-refractivity contribution >= 4 is 17.9 Å². The summed E-state index contributed by atoms with van der Waals surface area (Å²) < 4.78 is 5.52. The van der Waals surface area contributed by atoms with Crippen LogP contribution < -0.4 is 10.6 Å². The molecule has 3 rings (SSSR count). The van der Waals surface area contributed by atoms with Gasteiger partial charge in [-0.3, -0.25) is 9.59 Å². The van der Waals surface area contributed by atoms with Crippen LogP contribution in [-0.2, 0) is 14.3 Å². The van der Waals surface area contributed by atoms with E-state index in [0.29, 0.717) is 6.42 Å². The molecular weight excluding hydrogens is 410 g/mol. The third kappa shape index (κ3) is 5.07. The molecule has 1 aliphatic rings. The molecule has 2 atom stereocenters. The van der Waals surface area contributed by atoms with Crippen LogP contribution in [0.1, 0.15) is 37.3 Å². The Morgan fingerprint density at radius 1 is 1.09 bits per heavy atom. The summed E-state index contributed by atoms with van der Waals surface area (Å²) in [5.41, 5.74) is 12.7. The van der Waals surface area contributed by atoms with Gasteiger partial charge in [0.1, 0.15) is 12.6 Å². The number of carbonyl (C=O) groups is 3. The fourth-order valence-electron chi connectivity index (χ4n) is 3.83. The van der Waals surface area contributed by atoms with E-state index in [2.05, 4.69) is 32.8 Å². The molecule has 166 valence electrons. The maximum Gasteiger partial charge on any atom is 0.407 e. The molecule has 1 aliphatic carbocycles. The quantitative estimate of drug-likeness (QED) is 0.369. The van der Waals surface area contributed by atoms with Gasteiger partial charge in [0, 0.05) is 10.8 Å². The molecule has 3 amide bonds. The van der Waals surface area contributed by atoms with E-state index >= 15 is 0 Å². The van der Waals surface area contributed by atoms with Crippen molar-refractivity contribution in [1.29, 1.82) is 0 Å². The van der Waals surface area contributed by atoms with Gasteiger partial charge in [-0.25, -0.2) is 4.79 Å². The van der Waals surface area contributed by atoms with Gasteiger partial charge in [0.05, 0.1) is 6.54 Å². The van der Waals surface area contributed by atoms with E-state index in [1.807, 2.05) is 50.2 Å². The maximum atomic E-state index is 12.6. The summed E-state index contributed by atoms with van der Waals surface area (Å²) in [6, 6.07) is 15.1. The summed E-state index contributed by atoms with van der Waals surface area (Å²) in [5.74, 6) is -1.66. The van der Waals surface area contributed by atoms with Gasteiger partial charge in [0.25, 0.3) is 0 Å². The number of benzene rings is 2. The maximum absolute atomic E-state index is 12.6. The molecule has 0 fully saturated rings. The highest BCUT2D eigenvalue weighted by molar-refractivity contribution is 5.90. The second kappa shape index (κ2) is 10.5. The van der Waals surface area contributed by atoms with Crippen molar-refractivity contribution in [3.63, 3.8) is 0 Å². The van der Waals surface area contributed by atoms with Crippen LogP contribution in [0.15, 0.2) is 53.6 Å². The van der Waals surface area contributed by atoms with Gasteiger partial charge in [0.2, 0.25) is 11.8 Å². The number of fused-ring (bicyclic) bond motifs is 3. The minimum Gasteiger partial charge on any atom is -0.449 e. The first-order valence-corrected chi connectivity index (χ1v) is 10.4. The van der Waals surface area contributed by atoms with E-state index in [1.165, 1.54) is 0 Å². The van der Waals surface area contributed by atoms with Crippen LogP contribution in [0.5, 0.6) is 0 Å². The average molecular weight is 435 g/mol. The highest BCUT2D eigenvalue weighted by atomic mass is 16.5. The standard InChI is InChI=1S/C23H25N5O4/c1-3-14(2)21(22(30)25-12-20(29)27-28-24)26-23(31)32-13-19-17-10-6-4-8-15(17)16-9-5-7-11-18(16)19/h4-11,14,19,21H,3,12-13H2,1-2H3,(H,25,30)(H,26,31)/t14-,21-/m0/s1. The minimum absolute atomic E-state index is 0.0921. The zero-order chi connectivity index (χ0) is 23.1. The third-order valence-corrected chi connectivity index (χ3v) is 5.68. The normalized spacial score (nSPS) is 13.7. The zero-order valence-corrected chi connectivity index (χ0v) is 17.9. The molecule has 32 heavy (non-hydrogen) atoms. The van der Waals surface area contributed by atoms with Crippen molar-refractivity contribution < 1.29 is 19.1 Å². The largest absolute Gasteiger partial charge is 0.449 e. The molecule has 0 radical (unpaired) electrons. The van der Waals surface area contributed by atoms with E-state index in [0.717, 1.165) is 22.3 Å². The van der Waals surface area contributed by atoms with Crippen molar-refractivity contribution in [3.05, 3.63) is 70.1 Å². The lowest BCUT2D eigenvalue weighted by atomic mass is 9.98. The number of azide groups is 1. The number of ether oxygens (including phenoxy) is 1. The Labute approximate surface area is 185 Å². The van der Waals surface area contributed by atoms with Gasteiger partial charge in [-0.05, 0) is 38.8 Å². The van der Waals surface area contributed by atoms with Gasteiger partial charge in [0.15, 0.2) is 0 Å². The number of nitrogens with zero attached hydrogens (tertiary/aromatic N) is 3. The lowest BCUT2D eigenvalue weighted by Gasteiger charge is -2.23. The second-order valence-corrected chi connectivity index (χ2v) is 7.63. The fourth-order valence-corrected chi connectivity index (χ4v) is 3.83. The Bertz CT molecular complexity index is 1020. The number of hydrogen-bond donors (Lipinski definition) is 2. The molecule has 2 aromatic carbocycles. The van der Waals surface area contributed by atoms with Crippen molar-refractivity contribution in [2.75, 3.05) is 13.2 Å². The number of rotatable bonds is 8. The first-order chi connectivity index (χ1) is 15.5. The van der Waals surface area contributed by atoms with Crippen LogP contribution in [0.25, 0.3) is 21.6 Å². The Kier molecular flexibility index (Phi) is 7.46. The van der Waals surface area contributed by atoms with Crippen LogP contribution in [0.4, 0.5) is 4.79 Å². The average Bonchev–Trinajstić information content (AvgIpc) is 3.13. The van der Waals surface area contributed by atoms with Crippen LogP contribution in [0.3, 0.4) is 0 Å². The molecule has 9 nitrogen and oxygen atoms in total. The van der Waals surface area contributed by atoms with Crippen LogP contribution in [0, 0.1) is 5.92 Å². The van der Waals surface area contributed by atoms with Crippen LogP contribution in [-0.4, -0.2) is 37.1 Å². The van der Waals surface area contributed by atoms with Gasteiger partial charge < -0.3 is 15.4 Å². The highest BCUT2D eigenvalue weighted by Crippen LogP contribution is 2.44. The molecule has 9 heteroatoms. The molecule has 0 bridgehead atoms. The SMILES string of the molecule is CC[C@H](C)[C@H](NC(=O)OCC1c2ccccc2-c2ccccc21)C(=O)NCC(=O)N=[N+]=[N-]. The van der Waals surface area contributed by atoms with Crippen molar-refractivity contribution in [1.82, 2.24) is 10.6 Å². The number of hydrogen-bond acceptors (Lipinski definition) is 4. The molecule has 0 unspecified atom stereocenters. The lowest BCUT2D eigenvalue weighted by Crippen LogP contribution is -2.51. The minimum atomic E-state index is -0.894. The summed E-state index contributed by atoms with van der Waals surface area (Å²) in [4.78, 5) is 38.8. The Morgan fingerprint density at radius 3 is 2.25 bits per heavy atom. The first-order valence-electron chi connectivity index (χ1n) is 10.4. The summed E-state index contributed by atoms with van der Waals surface area (Å²) in [5, 5.41) is 7.90. The Morgan fingerprint density at radius 2 is 1.69 bits per heavy atom. The van der Waals surface area contributed by atoms with Gasteiger partial charge >= 0.3 is 6.09 Å². The third-order valence-electron chi connectivity index (χ3n) is 5.68. The van der Waals surface area contributed by atoms with Crippen molar-refractivity contribution in [3.8, 4) is 11.1 Å². The number of alkyl carbamates (subject to hydrolysis) is 1. The molecule has 2 N–H and O–H groups in total. The second-order valence-electron chi connectivity index (χ2n) is 7.63. The summed E-state index contributed by atoms with van der Waals surface area (Å²) >= 11 is 0. The fraction of sp³-hybridized carbons (Fsp3) is 0.348. The highest BCUT2D eigenvalue weighted by Gasteiger charge is 2.30. The molecule has 0 saturated carbocycles. The molecule has 0 aliphatic heterocycles. The predicted octanol–water partition coefficient (Wildman–Crippen LogP) is 3.89. The zero-order valence-electron chi connectivity index (χ0n) is 17.9. The van der Waals surface area contributed by atoms with Crippen LogP contribution in [0.2, 0.25) is 0 Å². The smallest absolute Gasteiger partial charge is 0.407 e. The molecular formula is C23H25N5O4. The van der Waals surface area contributed by atoms with Gasteiger partial charge in [-0.15, -0.1) is 0 Å². The summed E-state index contributed by atoms with van der Waals surface area (Å²) in [7, 11) is 0.